The average Bonchev–Trinajstić information content (AvgIpc) is 2.89. The Bertz CT molecular complexity index is 1060. The Morgan fingerprint density at radius 2 is 1.69 bits per heavy atom. The molecule has 2 aromatic carbocycles. The van der Waals surface area contributed by atoms with Crippen molar-refractivity contribution in [2.24, 2.45) is 5.92 Å². The van der Waals surface area contributed by atoms with Crippen LogP contribution in [-0.2, 0) is 4.79 Å². The first-order chi connectivity index (χ1) is 16.9. The third-order valence-electron chi connectivity index (χ3n) is 7.05. The van der Waals surface area contributed by atoms with E-state index in [1.807, 2.05) is 57.1 Å². The minimum atomic E-state index is -0.0159. The van der Waals surface area contributed by atoms with Crippen LogP contribution in [0.5, 0.6) is 0 Å². The van der Waals surface area contributed by atoms with Gasteiger partial charge in [0.1, 0.15) is 0 Å². The molecule has 0 aromatic heterocycles. The molecule has 2 aromatic rings. The van der Waals surface area contributed by atoms with Gasteiger partial charge in [-0.2, -0.15) is 0 Å². The molecule has 1 heterocycles. The van der Waals surface area contributed by atoms with Crippen LogP contribution in [0.1, 0.15) is 72.5 Å². The van der Waals surface area contributed by atoms with Crippen molar-refractivity contribution in [2.45, 2.75) is 52.4 Å². The van der Waals surface area contributed by atoms with Crippen molar-refractivity contribution in [1.82, 2.24) is 10.2 Å². The zero-order chi connectivity index (χ0) is 25.4. The first kappa shape index (κ1) is 26.2. The molecule has 0 spiro atoms. The number of allylic oxidation sites excluding steroid dienone is 1. The molecular weight excluding hydrogens is 436 g/mol. The highest BCUT2D eigenvalue weighted by atomic mass is 16.2. The second-order valence-electron chi connectivity index (χ2n) is 9.25. The van der Waals surface area contributed by atoms with Crippen LogP contribution in [0.3, 0.4) is 0 Å². The normalized spacial score (nSPS) is 14.7. The minimum absolute atomic E-state index is 0.0159. The summed E-state index contributed by atoms with van der Waals surface area (Å²) in [5.74, 6) is 0.434. The summed E-state index contributed by atoms with van der Waals surface area (Å²) in [4.78, 5) is 27.7. The number of carbonyl (C=O) groups is 2. The molecule has 35 heavy (non-hydrogen) atoms. The van der Waals surface area contributed by atoms with E-state index < -0.39 is 0 Å². The lowest BCUT2D eigenvalue weighted by molar-refractivity contribution is -0.120. The van der Waals surface area contributed by atoms with Crippen LogP contribution in [-0.4, -0.2) is 43.1 Å². The fraction of sp³-hybridized carbons (Fsp3) is 0.414. The van der Waals surface area contributed by atoms with E-state index in [1.54, 1.807) is 0 Å². The first-order valence-electron chi connectivity index (χ1n) is 12.6. The van der Waals surface area contributed by atoms with Gasteiger partial charge in [-0.15, -0.1) is 0 Å². The third kappa shape index (κ3) is 6.38. The zero-order valence-electron chi connectivity index (χ0n) is 21.4. The number of piperidine rings is 1. The van der Waals surface area contributed by atoms with E-state index in [0.29, 0.717) is 24.6 Å². The molecule has 0 saturated carbocycles. The first-order valence-corrected chi connectivity index (χ1v) is 12.6. The molecule has 1 saturated heterocycles. The van der Waals surface area contributed by atoms with Crippen LogP contribution < -0.4 is 10.6 Å². The Morgan fingerprint density at radius 1 is 1.06 bits per heavy atom. The molecule has 0 aliphatic carbocycles. The van der Waals surface area contributed by atoms with Gasteiger partial charge in [-0.05, 0) is 67.3 Å². The smallest absolute Gasteiger partial charge is 0.253 e. The summed E-state index contributed by atoms with van der Waals surface area (Å²) < 4.78 is 0. The van der Waals surface area contributed by atoms with Crippen molar-refractivity contribution in [1.29, 1.82) is 5.41 Å². The second kappa shape index (κ2) is 12.3. The van der Waals surface area contributed by atoms with Gasteiger partial charge in [0.05, 0.1) is 0 Å². The minimum Gasteiger partial charge on any atom is -0.393 e. The van der Waals surface area contributed by atoms with Gasteiger partial charge in [-0.1, -0.05) is 44.2 Å². The van der Waals surface area contributed by atoms with Gasteiger partial charge in [0, 0.05) is 55.3 Å². The van der Waals surface area contributed by atoms with E-state index in [-0.39, 0.29) is 17.7 Å². The molecule has 0 bridgehead atoms. The van der Waals surface area contributed by atoms with Crippen molar-refractivity contribution in [3.05, 3.63) is 70.9 Å². The molecule has 1 aliphatic heterocycles. The quantitative estimate of drug-likeness (QED) is 0.414. The highest BCUT2D eigenvalue weighted by molar-refractivity contribution is 6.08. The van der Waals surface area contributed by atoms with E-state index in [1.165, 1.54) is 11.8 Å². The van der Waals surface area contributed by atoms with Crippen LogP contribution in [0.15, 0.2) is 48.7 Å². The number of benzene rings is 2. The number of likely N-dealkylation sites (tertiary alicyclic amines) is 1. The second-order valence-corrected chi connectivity index (χ2v) is 9.25. The van der Waals surface area contributed by atoms with Crippen molar-refractivity contribution in [2.75, 3.05) is 25.5 Å². The van der Waals surface area contributed by atoms with E-state index >= 15 is 0 Å². The van der Waals surface area contributed by atoms with Crippen LogP contribution in [0, 0.1) is 18.3 Å². The Hall–Kier alpha value is -3.41. The van der Waals surface area contributed by atoms with E-state index in [0.717, 1.165) is 48.1 Å². The number of aryl methyl sites for hydroxylation is 1. The molecule has 2 amide bonds. The number of nitrogens with one attached hydrogen (secondary N) is 3. The highest BCUT2D eigenvalue weighted by Crippen LogP contribution is 2.30. The predicted octanol–water partition coefficient (Wildman–Crippen LogP) is 5.60. The molecule has 1 fully saturated rings. The predicted molar refractivity (Wildman–Crippen MR) is 144 cm³/mol. The lowest BCUT2D eigenvalue weighted by Crippen LogP contribution is -2.38. The Labute approximate surface area is 209 Å². The van der Waals surface area contributed by atoms with Gasteiger partial charge >= 0.3 is 0 Å². The van der Waals surface area contributed by atoms with Gasteiger partial charge < -0.3 is 20.9 Å². The molecule has 0 atom stereocenters. The number of carbonyl (C=O) groups excluding carboxylic acids is 2. The fourth-order valence-corrected chi connectivity index (χ4v) is 4.69. The largest absolute Gasteiger partial charge is 0.393 e. The van der Waals surface area contributed by atoms with Crippen molar-refractivity contribution in [3.8, 4) is 0 Å². The van der Waals surface area contributed by atoms with Gasteiger partial charge in [-0.25, -0.2) is 0 Å². The lowest BCUT2D eigenvalue weighted by atomic mass is 9.88. The van der Waals surface area contributed by atoms with E-state index in [9.17, 15) is 9.59 Å². The van der Waals surface area contributed by atoms with Crippen molar-refractivity contribution >= 4 is 29.3 Å². The average molecular weight is 475 g/mol. The molecule has 3 N–H and O–H groups in total. The monoisotopic (exact) mass is 474 g/mol. The Kier molecular flexibility index (Phi) is 9.24. The van der Waals surface area contributed by atoms with Gasteiger partial charge in [0.2, 0.25) is 5.91 Å². The van der Waals surface area contributed by atoms with Crippen LogP contribution in [0.2, 0.25) is 0 Å². The molecule has 6 nitrogen and oxygen atoms in total. The van der Waals surface area contributed by atoms with Gasteiger partial charge in [0.15, 0.2) is 0 Å². The topological polar surface area (TPSA) is 85.3 Å². The third-order valence-corrected chi connectivity index (χ3v) is 7.05. The van der Waals surface area contributed by atoms with Crippen molar-refractivity contribution in [3.63, 3.8) is 0 Å². The number of anilines is 1. The molecule has 1 aliphatic rings. The molecule has 0 radical (unpaired) electrons. The van der Waals surface area contributed by atoms with Gasteiger partial charge in [-0.3, -0.25) is 9.59 Å². The number of nitrogens with zero attached hydrogens (tertiary/aromatic N) is 1. The fourth-order valence-electron chi connectivity index (χ4n) is 4.69. The standard InChI is InChI=1S/C29H38N4O2/c1-5-21(6-2)28(34)32-27-17-25(8-7-20(27)3)29(35)33-15-13-24(14-16-33)22-9-11-23(12-10-22)26(18-30)19-31-4/h7-12,17-19,21,24,30-31H,5-6,13-16H2,1-4H3,(H,32,34)/b26-19+,30-18?. The maximum absolute atomic E-state index is 13.2. The molecule has 6 heteroatoms. The summed E-state index contributed by atoms with van der Waals surface area (Å²) in [6.45, 7) is 7.41. The van der Waals surface area contributed by atoms with Crippen LogP contribution in [0.4, 0.5) is 5.69 Å². The molecular formula is C29H38N4O2. The number of rotatable bonds is 9. The summed E-state index contributed by atoms with van der Waals surface area (Å²) in [7, 11) is 1.83. The number of amides is 2. The maximum Gasteiger partial charge on any atom is 0.253 e. The highest BCUT2D eigenvalue weighted by Gasteiger charge is 2.25. The maximum atomic E-state index is 13.2. The zero-order valence-corrected chi connectivity index (χ0v) is 21.4. The van der Waals surface area contributed by atoms with E-state index in [2.05, 4.69) is 34.9 Å². The lowest BCUT2D eigenvalue weighted by Gasteiger charge is -2.32. The van der Waals surface area contributed by atoms with Crippen LogP contribution >= 0.6 is 0 Å². The van der Waals surface area contributed by atoms with E-state index in [4.69, 9.17) is 5.41 Å². The summed E-state index contributed by atoms with van der Waals surface area (Å²) in [6, 6.07) is 14.0. The summed E-state index contributed by atoms with van der Waals surface area (Å²) in [6.07, 6.45) is 6.60. The number of hydrogen-bond donors (Lipinski definition) is 3. The summed E-state index contributed by atoms with van der Waals surface area (Å²) >= 11 is 0. The summed E-state index contributed by atoms with van der Waals surface area (Å²) in [5, 5.41) is 13.6. The van der Waals surface area contributed by atoms with Crippen LogP contribution in [0.25, 0.3) is 5.57 Å². The number of hydrogen-bond acceptors (Lipinski definition) is 4. The Balaban J connectivity index is 1.64. The molecule has 0 unspecified atom stereocenters. The molecule has 186 valence electrons. The summed E-state index contributed by atoms with van der Waals surface area (Å²) in [5.41, 5.74) is 5.42. The Morgan fingerprint density at radius 3 is 2.26 bits per heavy atom. The SMILES string of the molecule is CCC(CC)C(=O)Nc1cc(C(=O)N2CCC(c3ccc(/C(C=N)=C/NC)cc3)CC2)ccc1C. The van der Waals surface area contributed by atoms with Gasteiger partial charge in [0.25, 0.3) is 5.91 Å². The molecule has 3 rings (SSSR count). The van der Waals surface area contributed by atoms with Crippen molar-refractivity contribution < 1.29 is 9.59 Å².